The number of nitrogens with one attached hydrogen (secondary N) is 1. The summed E-state index contributed by atoms with van der Waals surface area (Å²) in [7, 11) is 0.385. The van der Waals surface area contributed by atoms with E-state index >= 15 is 0 Å². The van der Waals surface area contributed by atoms with Crippen molar-refractivity contribution < 1.29 is 18.0 Å². The van der Waals surface area contributed by atoms with E-state index in [1.54, 1.807) is 37.3 Å². The molecule has 1 atom stereocenters. The Labute approximate surface area is 178 Å². The molecule has 0 spiro atoms. The second-order valence-corrected chi connectivity index (χ2v) is 9.00. The highest BCUT2D eigenvalue weighted by Gasteiger charge is 2.32. The van der Waals surface area contributed by atoms with Crippen molar-refractivity contribution in [3.8, 4) is 0 Å². The summed E-state index contributed by atoms with van der Waals surface area (Å²) < 4.78 is 27.9. The summed E-state index contributed by atoms with van der Waals surface area (Å²) in [6, 6.07) is 16.9. The predicted octanol–water partition coefficient (Wildman–Crippen LogP) is 1.46. The van der Waals surface area contributed by atoms with Gasteiger partial charge in [0.25, 0.3) is 0 Å². The molecule has 2 aromatic rings. The zero-order valence-electron chi connectivity index (χ0n) is 17.6. The van der Waals surface area contributed by atoms with E-state index in [1.165, 1.54) is 26.0 Å². The second kappa shape index (κ2) is 10.2. The Balaban J connectivity index is 2.39. The highest BCUT2D eigenvalue weighted by Crippen LogP contribution is 2.20. The maximum absolute atomic E-state index is 13.3. The van der Waals surface area contributed by atoms with E-state index in [9.17, 15) is 18.0 Å². The smallest absolute Gasteiger partial charge is 0.304 e. The fourth-order valence-electron chi connectivity index (χ4n) is 2.88. The number of carbonyl (C=O) groups excluding carboxylic acids is 2. The van der Waals surface area contributed by atoms with Crippen LogP contribution in [0.5, 0.6) is 0 Å². The Bertz CT molecular complexity index is 949. The first-order chi connectivity index (χ1) is 14.2. The molecule has 0 saturated heterocycles. The molecule has 0 radical (unpaired) electrons. The van der Waals surface area contributed by atoms with Gasteiger partial charge < -0.3 is 10.2 Å². The number of benzene rings is 2. The van der Waals surface area contributed by atoms with Crippen LogP contribution >= 0.6 is 0 Å². The summed E-state index contributed by atoms with van der Waals surface area (Å²) in [5, 5.41) is 2.55. The molecule has 2 rings (SSSR count). The predicted molar refractivity (Wildman–Crippen MR) is 117 cm³/mol. The lowest BCUT2D eigenvalue weighted by atomic mass is 10.1. The molecule has 0 saturated carbocycles. The van der Waals surface area contributed by atoms with Crippen LogP contribution in [0.15, 0.2) is 60.7 Å². The minimum absolute atomic E-state index is 0.179. The topological polar surface area (TPSA) is 90.0 Å². The Morgan fingerprint density at radius 3 is 2.00 bits per heavy atom. The van der Waals surface area contributed by atoms with Crippen LogP contribution in [0.3, 0.4) is 0 Å². The van der Waals surface area contributed by atoms with Gasteiger partial charge in [-0.05, 0) is 24.6 Å². The van der Waals surface area contributed by atoms with Crippen LogP contribution < -0.4 is 9.62 Å². The third-order valence-corrected chi connectivity index (χ3v) is 6.49. The average Bonchev–Trinajstić information content (AvgIpc) is 2.75. The van der Waals surface area contributed by atoms with Gasteiger partial charge in [0, 0.05) is 27.7 Å². The van der Waals surface area contributed by atoms with Crippen LogP contribution in [0.1, 0.15) is 12.5 Å². The van der Waals surface area contributed by atoms with Crippen molar-refractivity contribution in [3.05, 3.63) is 66.2 Å². The summed E-state index contributed by atoms with van der Waals surface area (Å²) in [6.07, 6.45) is 0. The zero-order chi connectivity index (χ0) is 22.3. The second-order valence-electron chi connectivity index (χ2n) is 6.93. The fourth-order valence-corrected chi connectivity index (χ4v) is 3.94. The van der Waals surface area contributed by atoms with Gasteiger partial charge in [-0.25, -0.2) is 4.31 Å². The molecule has 0 heterocycles. The number of likely N-dealkylation sites (N-methyl/N-ethyl adjacent to an activating group) is 1. The van der Waals surface area contributed by atoms with Gasteiger partial charge in [0.1, 0.15) is 12.6 Å². The van der Waals surface area contributed by atoms with E-state index in [2.05, 4.69) is 5.32 Å². The largest absolute Gasteiger partial charge is 0.357 e. The lowest BCUT2D eigenvalue weighted by Gasteiger charge is -2.32. The van der Waals surface area contributed by atoms with Crippen LogP contribution in [0.4, 0.5) is 5.69 Å². The monoisotopic (exact) mass is 432 g/mol. The summed E-state index contributed by atoms with van der Waals surface area (Å²) in [6.45, 7) is 1.37. The first-order valence-electron chi connectivity index (χ1n) is 9.48. The van der Waals surface area contributed by atoms with Gasteiger partial charge in [-0.1, -0.05) is 48.5 Å². The van der Waals surface area contributed by atoms with Gasteiger partial charge in [-0.3, -0.25) is 9.59 Å². The Hall–Kier alpha value is -2.91. The standard InChI is InChI=1S/C21H28N4O4S/c1-17(21(27)22-2)24(15-18-11-7-5-8-12-18)20(26)16-25(30(28,29)23(3)4)19-13-9-6-10-14-19/h5-14,17H,15-16H2,1-4H3,(H,22,27). The molecule has 0 aliphatic heterocycles. The summed E-state index contributed by atoms with van der Waals surface area (Å²) in [4.78, 5) is 26.9. The fraction of sp³-hybridized carbons (Fsp3) is 0.333. The molecule has 1 N–H and O–H groups in total. The first-order valence-corrected chi connectivity index (χ1v) is 10.9. The molecule has 0 bridgehead atoms. The van der Waals surface area contributed by atoms with E-state index in [1.807, 2.05) is 30.3 Å². The van der Waals surface area contributed by atoms with Crippen molar-refractivity contribution >= 4 is 27.7 Å². The van der Waals surface area contributed by atoms with Gasteiger partial charge >= 0.3 is 10.2 Å². The van der Waals surface area contributed by atoms with Crippen LogP contribution in [-0.2, 0) is 26.3 Å². The molecular weight excluding hydrogens is 404 g/mol. The Morgan fingerprint density at radius 1 is 0.967 bits per heavy atom. The van der Waals surface area contributed by atoms with Crippen molar-refractivity contribution in [2.24, 2.45) is 0 Å². The van der Waals surface area contributed by atoms with Crippen molar-refractivity contribution in [1.82, 2.24) is 14.5 Å². The van der Waals surface area contributed by atoms with Crippen molar-refractivity contribution in [2.75, 3.05) is 32.0 Å². The molecule has 8 nitrogen and oxygen atoms in total. The number of nitrogens with zero attached hydrogens (tertiary/aromatic N) is 3. The quantitative estimate of drug-likeness (QED) is 0.650. The van der Waals surface area contributed by atoms with Gasteiger partial charge in [-0.15, -0.1) is 0 Å². The van der Waals surface area contributed by atoms with Crippen molar-refractivity contribution in [1.29, 1.82) is 0 Å². The number of rotatable bonds is 9. The van der Waals surface area contributed by atoms with Crippen molar-refractivity contribution in [2.45, 2.75) is 19.5 Å². The molecule has 0 aliphatic rings. The highest BCUT2D eigenvalue weighted by molar-refractivity contribution is 7.90. The maximum Gasteiger partial charge on any atom is 0.304 e. The molecule has 0 fully saturated rings. The first kappa shape index (κ1) is 23.4. The minimum Gasteiger partial charge on any atom is -0.357 e. The average molecular weight is 433 g/mol. The van der Waals surface area contributed by atoms with E-state index < -0.39 is 28.7 Å². The lowest BCUT2D eigenvalue weighted by Crippen LogP contribution is -2.52. The molecule has 9 heteroatoms. The third kappa shape index (κ3) is 5.58. The molecule has 2 amide bonds. The van der Waals surface area contributed by atoms with Crippen LogP contribution in [-0.4, -0.2) is 63.2 Å². The van der Waals surface area contributed by atoms with Crippen LogP contribution in [0, 0.1) is 0 Å². The van der Waals surface area contributed by atoms with Crippen LogP contribution in [0.25, 0.3) is 0 Å². The molecule has 1 unspecified atom stereocenters. The molecule has 0 aliphatic carbocycles. The van der Waals surface area contributed by atoms with Gasteiger partial charge in [0.15, 0.2) is 0 Å². The Morgan fingerprint density at radius 2 is 1.50 bits per heavy atom. The van der Waals surface area contributed by atoms with Gasteiger partial charge in [0.05, 0.1) is 5.69 Å². The van der Waals surface area contributed by atoms with E-state index in [-0.39, 0.29) is 12.5 Å². The molecule has 30 heavy (non-hydrogen) atoms. The normalized spacial score (nSPS) is 12.3. The minimum atomic E-state index is -3.93. The number of para-hydroxylation sites is 1. The summed E-state index contributed by atoms with van der Waals surface area (Å²) in [5.41, 5.74) is 1.20. The molecule has 2 aromatic carbocycles. The number of hydrogen-bond acceptors (Lipinski definition) is 4. The number of amides is 2. The Kier molecular flexibility index (Phi) is 7.96. The third-order valence-electron chi connectivity index (χ3n) is 4.67. The van der Waals surface area contributed by atoms with E-state index in [0.29, 0.717) is 5.69 Å². The lowest BCUT2D eigenvalue weighted by molar-refractivity contribution is -0.139. The SMILES string of the molecule is CNC(=O)C(C)N(Cc1ccccc1)C(=O)CN(c1ccccc1)S(=O)(=O)N(C)C. The van der Waals surface area contributed by atoms with Crippen LogP contribution in [0.2, 0.25) is 0 Å². The zero-order valence-corrected chi connectivity index (χ0v) is 18.5. The van der Waals surface area contributed by atoms with Crippen molar-refractivity contribution in [3.63, 3.8) is 0 Å². The highest BCUT2D eigenvalue weighted by atomic mass is 32.2. The summed E-state index contributed by atoms with van der Waals surface area (Å²) >= 11 is 0. The van der Waals surface area contributed by atoms with Gasteiger partial charge in [0.2, 0.25) is 11.8 Å². The van der Waals surface area contributed by atoms with E-state index in [4.69, 9.17) is 0 Å². The number of hydrogen-bond donors (Lipinski definition) is 1. The summed E-state index contributed by atoms with van der Waals surface area (Å²) in [5.74, 6) is -0.815. The molecular formula is C21H28N4O4S. The number of anilines is 1. The van der Waals surface area contributed by atoms with E-state index in [0.717, 1.165) is 14.2 Å². The van der Waals surface area contributed by atoms with Gasteiger partial charge in [-0.2, -0.15) is 12.7 Å². The molecule has 162 valence electrons. The maximum atomic E-state index is 13.3. The molecule has 0 aromatic heterocycles. The number of carbonyl (C=O) groups is 2.